The first-order chi connectivity index (χ1) is 10.8. The molecule has 4 nitrogen and oxygen atoms in total. The van der Waals surface area contributed by atoms with Crippen LogP contribution in [0.2, 0.25) is 5.02 Å². The van der Waals surface area contributed by atoms with Crippen molar-refractivity contribution in [3.63, 3.8) is 0 Å². The van der Waals surface area contributed by atoms with Gasteiger partial charge in [0, 0.05) is 37.7 Å². The topological polar surface area (TPSA) is 41.1 Å². The molecule has 0 atom stereocenters. The Hall–Kier alpha value is -1.65. The van der Waals surface area contributed by atoms with Gasteiger partial charge >= 0.3 is 0 Å². The largest absolute Gasteiger partial charge is 0.366 e. The first kappa shape index (κ1) is 14.0. The summed E-state index contributed by atoms with van der Waals surface area (Å²) >= 11 is 6.30. The van der Waals surface area contributed by atoms with E-state index in [1.165, 1.54) is 24.2 Å². The van der Waals surface area contributed by atoms with E-state index in [2.05, 4.69) is 15.2 Å². The fourth-order valence-electron chi connectivity index (χ4n) is 2.97. The number of hydrogen-bond acceptors (Lipinski definition) is 4. The molecule has 1 aromatic carbocycles. The van der Waals surface area contributed by atoms with Crippen LogP contribution in [0.1, 0.15) is 24.5 Å². The molecule has 22 heavy (non-hydrogen) atoms. The van der Waals surface area contributed by atoms with E-state index in [9.17, 15) is 0 Å². The number of piperazine rings is 1. The summed E-state index contributed by atoms with van der Waals surface area (Å²) in [4.78, 5) is 11.9. The van der Waals surface area contributed by atoms with Gasteiger partial charge in [-0.25, -0.2) is 9.97 Å². The van der Waals surface area contributed by atoms with Crippen LogP contribution in [0.4, 0.5) is 5.69 Å². The average Bonchev–Trinajstić information content (AvgIpc) is 3.41. The van der Waals surface area contributed by atoms with Crippen LogP contribution in [0.15, 0.2) is 30.5 Å². The molecule has 1 aliphatic carbocycles. The fraction of sp³-hybridized carbons (Fsp3) is 0.412. The van der Waals surface area contributed by atoms with E-state index >= 15 is 0 Å². The summed E-state index contributed by atoms with van der Waals surface area (Å²) in [6.07, 6.45) is 4.46. The zero-order valence-corrected chi connectivity index (χ0v) is 13.2. The number of rotatable bonds is 3. The maximum atomic E-state index is 6.30. The summed E-state index contributed by atoms with van der Waals surface area (Å²) in [5.41, 5.74) is 3.32. The quantitative estimate of drug-likeness (QED) is 0.945. The Labute approximate surface area is 135 Å². The minimum Gasteiger partial charge on any atom is -0.366 e. The number of aromatic nitrogens is 2. The number of nitrogens with one attached hydrogen (secondary N) is 1. The van der Waals surface area contributed by atoms with E-state index in [0.29, 0.717) is 10.9 Å². The van der Waals surface area contributed by atoms with Gasteiger partial charge in [0.1, 0.15) is 0 Å². The number of anilines is 1. The lowest BCUT2D eigenvalue weighted by Crippen LogP contribution is -2.44. The maximum Gasteiger partial charge on any atom is 0.161 e. The Balaban J connectivity index is 1.74. The molecular weight excluding hydrogens is 296 g/mol. The molecule has 0 spiro atoms. The number of hydrogen-bond donors (Lipinski definition) is 1. The standard InChI is InChI=1S/C17H19ClN4/c18-14-4-2-1-3-13(14)17-20-11-15(16(21-17)12-5-6-12)22-9-7-19-8-10-22/h1-4,11-12,19H,5-10H2. The molecule has 1 aromatic heterocycles. The van der Waals surface area contributed by atoms with Crippen LogP contribution in [-0.4, -0.2) is 36.1 Å². The smallest absolute Gasteiger partial charge is 0.161 e. The molecule has 2 aromatic rings. The maximum absolute atomic E-state index is 6.30. The van der Waals surface area contributed by atoms with Gasteiger partial charge in [-0.15, -0.1) is 0 Å². The van der Waals surface area contributed by atoms with Gasteiger partial charge in [0.2, 0.25) is 0 Å². The predicted molar refractivity (Wildman–Crippen MR) is 89.5 cm³/mol. The summed E-state index contributed by atoms with van der Waals surface area (Å²) < 4.78 is 0. The summed E-state index contributed by atoms with van der Waals surface area (Å²) in [6, 6.07) is 7.79. The molecule has 114 valence electrons. The highest BCUT2D eigenvalue weighted by atomic mass is 35.5. The molecule has 2 aliphatic rings. The van der Waals surface area contributed by atoms with Crippen molar-refractivity contribution in [3.05, 3.63) is 41.2 Å². The molecule has 1 aliphatic heterocycles. The number of halogens is 1. The highest BCUT2D eigenvalue weighted by molar-refractivity contribution is 6.33. The zero-order chi connectivity index (χ0) is 14.9. The van der Waals surface area contributed by atoms with Gasteiger partial charge in [0.05, 0.1) is 22.6 Å². The van der Waals surface area contributed by atoms with Crippen molar-refractivity contribution >= 4 is 17.3 Å². The Bertz CT molecular complexity index is 678. The Kier molecular flexibility index (Phi) is 3.72. The summed E-state index contributed by atoms with van der Waals surface area (Å²) in [6.45, 7) is 4.09. The summed E-state index contributed by atoms with van der Waals surface area (Å²) in [5, 5.41) is 4.10. The third kappa shape index (κ3) is 2.69. The summed E-state index contributed by atoms with van der Waals surface area (Å²) in [7, 11) is 0. The zero-order valence-electron chi connectivity index (χ0n) is 12.4. The van der Waals surface area contributed by atoms with Crippen molar-refractivity contribution in [3.8, 4) is 11.4 Å². The number of nitrogens with zero attached hydrogens (tertiary/aromatic N) is 3. The second-order valence-electron chi connectivity index (χ2n) is 5.96. The lowest BCUT2D eigenvalue weighted by Gasteiger charge is -2.30. The second-order valence-corrected chi connectivity index (χ2v) is 6.36. The van der Waals surface area contributed by atoms with Gasteiger partial charge in [0.25, 0.3) is 0 Å². The Morgan fingerprint density at radius 3 is 2.64 bits per heavy atom. The highest BCUT2D eigenvalue weighted by Crippen LogP contribution is 2.44. The van der Waals surface area contributed by atoms with Crippen molar-refractivity contribution in [2.45, 2.75) is 18.8 Å². The van der Waals surface area contributed by atoms with E-state index in [1.807, 2.05) is 30.5 Å². The summed E-state index contributed by atoms with van der Waals surface area (Å²) in [5.74, 6) is 1.33. The molecule has 1 saturated carbocycles. The third-order valence-electron chi connectivity index (χ3n) is 4.33. The Morgan fingerprint density at radius 2 is 1.91 bits per heavy atom. The van der Waals surface area contributed by atoms with Gasteiger partial charge in [-0.05, 0) is 25.0 Å². The molecular formula is C17H19ClN4. The van der Waals surface area contributed by atoms with Gasteiger partial charge in [-0.1, -0.05) is 23.7 Å². The van der Waals surface area contributed by atoms with E-state index < -0.39 is 0 Å². The molecule has 0 radical (unpaired) electrons. The third-order valence-corrected chi connectivity index (χ3v) is 4.66. The minimum absolute atomic E-state index is 0.592. The Morgan fingerprint density at radius 1 is 1.14 bits per heavy atom. The SMILES string of the molecule is Clc1ccccc1-c1ncc(N2CCNCC2)c(C2CC2)n1. The molecule has 1 saturated heterocycles. The molecule has 2 heterocycles. The van der Waals surface area contributed by atoms with E-state index in [1.54, 1.807) is 0 Å². The highest BCUT2D eigenvalue weighted by Gasteiger charge is 2.30. The van der Waals surface area contributed by atoms with Gasteiger partial charge < -0.3 is 10.2 Å². The lowest BCUT2D eigenvalue weighted by molar-refractivity contribution is 0.586. The van der Waals surface area contributed by atoms with Crippen LogP contribution < -0.4 is 10.2 Å². The fourth-order valence-corrected chi connectivity index (χ4v) is 3.19. The van der Waals surface area contributed by atoms with Crippen LogP contribution in [0, 0.1) is 0 Å². The first-order valence-corrected chi connectivity index (χ1v) is 8.28. The lowest BCUT2D eigenvalue weighted by atomic mass is 10.1. The predicted octanol–water partition coefficient (Wildman–Crippen LogP) is 3.08. The molecule has 0 bridgehead atoms. The van der Waals surface area contributed by atoms with Crippen molar-refractivity contribution in [2.75, 3.05) is 31.1 Å². The van der Waals surface area contributed by atoms with Crippen molar-refractivity contribution in [1.29, 1.82) is 0 Å². The van der Waals surface area contributed by atoms with E-state index in [4.69, 9.17) is 16.6 Å². The monoisotopic (exact) mass is 314 g/mol. The van der Waals surface area contributed by atoms with Gasteiger partial charge in [0.15, 0.2) is 5.82 Å². The average molecular weight is 315 g/mol. The molecule has 4 rings (SSSR count). The van der Waals surface area contributed by atoms with Crippen molar-refractivity contribution in [1.82, 2.24) is 15.3 Å². The van der Waals surface area contributed by atoms with Crippen LogP contribution in [0.5, 0.6) is 0 Å². The van der Waals surface area contributed by atoms with Crippen LogP contribution in [0.25, 0.3) is 11.4 Å². The molecule has 0 unspecified atom stereocenters. The van der Waals surface area contributed by atoms with Crippen molar-refractivity contribution < 1.29 is 0 Å². The van der Waals surface area contributed by atoms with Crippen molar-refractivity contribution in [2.24, 2.45) is 0 Å². The van der Waals surface area contributed by atoms with Crippen LogP contribution in [-0.2, 0) is 0 Å². The number of benzene rings is 1. The molecule has 2 fully saturated rings. The van der Waals surface area contributed by atoms with Gasteiger partial charge in [-0.3, -0.25) is 0 Å². The molecule has 0 amide bonds. The second kappa shape index (κ2) is 5.86. The first-order valence-electron chi connectivity index (χ1n) is 7.90. The van der Waals surface area contributed by atoms with Gasteiger partial charge in [-0.2, -0.15) is 0 Å². The normalized spacial score (nSPS) is 18.5. The van der Waals surface area contributed by atoms with E-state index in [0.717, 1.165) is 37.6 Å². The van der Waals surface area contributed by atoms with Crippen LogP contribution in [0.3, 0.4) is 0 Å². The molecule has 5 heteroatoms. The van der Waals surface area contributed by atoms with Crippen LogP contribution >= 0.6 is 11.6 Å². The molecule has 1 N–H and O–H groups in total. The van der Waals surface area contributed by atoms with E-state index in [-0.39, 0.29) is 0 Å². The minimum atomic E-state index is 0.592.